The second-order valence-corrected chi connectivity index (χ2v) is 7.44. The van der Waals surface area contributed by atoms with Crippen molar-refractivity contribution in [1.29, 1.82) is 0 Å². The number of carbonyl (C=O) groups excluding carboxylic acids is 1. The van der Waals surface area contributed by atoms with Crippen LogP contribution in [0.1, 0.15) is 42.9 Å². The van der Waals surface area contributed by atoms with Crippen molar-refractivity contribution < 1.29 is 9.21 Å². The summed E-state index contributed by atoms with van der Waals surface area (Å²) >= 11 is 12.3. The second-order valence-electron chi connectivity index (χ2n) is 6.63. The lowest BCUT2D eigenvalue weighted by Crippen LogP contribution is -2.33. The Kier molecular flexibility index (Phi) is 6.47. The maximum absolute atomic E-state index is 13.3. The fourth-order valence-corrected chi connectivity index (χ4v) is 3.35. The molecule has 7 heteroatoms. The first-order valence-electron chi connectivity index (χ1n) is 9.36. The highest BCUT2D eigenvalue weighted by atomic mass is 35.5. The van der Waals surface area contributed by atoms with Crippen LogP contribution in [-0.2, 0) is 0 Å². The van der Waals surface area contributed by atoms with Crippen LogP contribution >= 0.6 is 23.2 Å². The average Bonchev–Trinajstić information content (AvgIpc) is 3.30. The van der Waals surface area contributed by atoms with E-state index >= 15 is 0 Å². The van der Waals surface area contributed by atoms with E-state index in [-0.39, 0.29) is 5.91 Å². The molecule has 0 atom stereocenters. The molecule has 0 fully saturated rings. The van der Waals surface area contributed by atoms with Crippen molar-refractivity contribution in [3.05, 3.63) is 57.9 Å². The fraction of sp³-hybridized carbons (Fsp3) is 0.333. The molecule has 0 aliphatic rings. The van der Waals surface area contributed by atoms with Crippen LogP contribution in [0.25, 0.3) is 17.1 Å². The van der Waals surface area contributed by atoms with Gasteiger partial charge in [0.1, 0.15) is 17.1 Å². The molecular formula is C21H23Cl2N3O2. The molecule has 0 saturated heterocycles. The number of nitrogens with zero attached hydrogens (tertiary/aromatic N) is 3. The van der Waals surface area contributed by atoms with Crippen molar-refractivity contribution >= 4 is 29.1 Å². The first-order valence-corrected chi connectivity index (χ1v) is 10.1. The van der Waals surface area contributed by atoms with Crippen LogP contribution < -0.4 is 0 Å². The first-order chi connectivity index (χ1) is 13.4. The Labute approximate surface area is 174 Å². The van der Waals surface area contributed by atoms with Gasteiger partial charge >= 0.3 is 0 Å². The Morgan fingerprint density at radius 1 is 1.07 bits per heavy atom. The standard InChI is InChI=1S/C21H23Cl2N3O2/c1-4-10-25(11-5-2)21(27)19-13-18(20-9-6-14(3)28-20)24-26(19)15-7-8-16(22)17(23)12-15/h6-9,12-13H,4-5,10-11H2,1-3H3. The highest BCUT2D eigenvalue weighted by Crippen LogP contribution is 2.28. The van der Waals surface area contributed by atoms with E-state index in [1.54, 1.807) is 28.9 Å². The molecular weight excluding hydrogens is 397 g/mol. The van der Waals surface area contributed by atoms with Crippen molar-refractivity contribution in [2.24, 2.45) is 0 Å². The molecule has 148 valence electrons. The van der Waals surface area contributed by atoms with Crippen LogP contribution in [0.2, 0.25) is 10.0 Å². The summed E-state index contributed by atoms with van der Waals surface area (Å²) in [7, 11) is 0. The van der Waals surface area contributed by atoms with E-state index in [0.717, 1.165) is 18.6 Å². The Balaban J connectivity index is 2.11. The van der Waals surface area contributed by atoms with Crippen LogP contribution in [0.15, 0.2) is 40.8 Å². The van der Waals surface area contributed by atoms with Gasteiger partial charge in [-0.3, -0.25) is 4.79 Å². The van der Waals surface area contributed by atoms with Gasteiger partial charge in [0.05, 0.1) is 15.7 Å². The zero-order valence-corrected chi connectivity index (χ0v) is 17.7. The Morgan fingerprint density at radius 3 is 2.36 bits per heavy atom. The van der Waals surface area contributed by atoms with Gasteiger partial charge in [-0.25, -0.2) is 4.68 Å². The molecule has 2 heterocycles. The van der Waals surface area contributed by atoms with E-state index in [1.807, 2.05) is 24.0 Å². The monoisotopic (exact) mass is 419 g/mol. The highest BCUT2D eigenvalue weighted by Gasteiger charge is 2.23. The molecule has 0 bridgehead atoms. The van der Waals surface area contributed by atoms with Crippen molar-refractivity contribution in [1.82, 2.24) is 14.7 Å². The number of halogens is 2. The topological polar surface area (TPSA) is 51.3 Å². The first kappa shape index (κ1) is 20.5. The van der Waals surface area contributed by atoms with Gasteiger partial charge in [-0.2, -0.15) is 5.10 Å². The maximum atomic E-state index is 13.3. The minimum Gasteiger partial charge on any atom is -0.460 e. The van der Waals surface area contributed by atoms with Crippen LogP contribution in [0.3, 0.4) is 0 Å². The zero-order valence-electron chi connectivity index (χ0n) is 16.2. The third kappa shape index (κ3) is 4.26. The molecule has 0 saturated carbocycles. The maximum Gasteiger partial charge on any atom is 0.272 e. The third-order valence-corrected chi connectivity index (χ3v) is 5.08. The number of hydrogen-bond donors (Lipinski definition) is 0. The molecule has 3 rings (SSSR count). The van der Waals surface area contributed by atoms with E-state index in [1.165, 1.54) is 0 Å². The number of hydrogen-bond acceptors (Lipinski definition) is 3. The number of aromatic nitrogens is 2. The molecule has 0 radical (unpaired) electrons. The number of benzene rings is 1. The number of rotatable bonds is 7. The second kappa shape index (κ2) is 8.84. The van der Waals surface area contributed by atoms with Crippen molar-refractivity contribution in [3.63, 3.8) is 0 Å². The molecule has 0 unspecified atom stereocenters. The summed E-state index contributed by atoms with van der Waals surface area (Å²) in [4.78, 5) is 15.1. The van der Waals surface area contributed by atoms with E-state index in [2.05, 4.69) is 18.9 Å². The molecule has 1 aromatic carbocycles. The van der Waals surface area contributed by atoms with E-state index in [9.17, 15) is 4.79 Å². The van der Waals surface area contributed by atoms with Gasteiger partial charge in [-0.05, 0) is 50.1 Å². The molecule has 0 spiro atoms. The van der Waals surface area contributed by atoms with Gasteiger partial charge in [0.15, 0.2) is 5.76 Å². The molecule has 28 heavy (non-hydrogen) atoms. The number of carbonyl (C=O) groups is 1. The van der Waals surface area contributed by atoms with Crippen LogP contribution in [0, 0.1) is 6.92 Å². The van der Waals surface area contributed by atoms with Gasteiger partial charge in [0.2, 0.25) is 0 Å². The quantitative estimate of drug-likeness (QED) is 0.470. The van der Waals surface area contributed by atoms with Crippen LogP contribution in [-0.4, -0.2) is 33.7 Å². The minimum absolute atomic E-state index is 0.0724. The molecule has 2 aromatic heterocycles. The SMILES string of the molecule is CCCN(CCC)C(=O)c1cc(-c2ccc(C)o2)nn1-c1ccc(Cl)c(Cl)c1. The van der Waals surface area contributed by atoms with E-state index < -0.39 is 0 Å². The number of aryl methyl sites for hydroxylation is 1. The Bertz CT molecular complexity index is 972. The third-order valence-electron chi connectivity index (χ3n) is 4.34. The summed E-state index contributed by atoms with van der Waals surface area (Å²) < 4.78 is 7.31. The molecule has 5 nitrogen and oxygen atoms in total. The Morgan fingerprint density at radius 2 is 1.79 bits per heavy atom. The lowest BCUT2D eigenvalue weighted by Gasteiger charge is -2.21. The van der Waals surface area contributed by atoms with Gasteiger partial charge in [0, 0.05) is 19.2 Å². The predicted octanol–water partition coefficient (Wildman–Crippen LogP) is 6.01. The summed E-state index contributed by atoms with van der Waals surface area (Å²) in [5.74, 6) is 1.32. The fourth-order valence-electron chi connectivity index (χ4n) is 3.06. The molecule has 1 amide bonds. The van der Waals surface area contributed by atoms with Gasteiger partial charge in [-0.1, -0.05) is 37.0 Å². The lowest BCUT2D eigenvalue weighted by molar-refractivity contribution is 0.0746. The number of amides is 1. The summed E-state index contributed by atoms with van der Waals surface area (Å²) in [6.07, 6.45) is 1.77. The van der Waals surface area contributed by atoms with Crippen molar-refractivity contribution in [3.8, 4) is 17.1 Å². The summed E-state index contributed by atoms with van der Waals surface area (Å²) in [6, 6.07) is 10.7. The number of furan rings is 1. The highest BCUT2D eigenvalue weighted by molar-refractivity contribution is 6.42. The van der Waals surface area contributed by atoms with Gasteiger partial charge in [0.25, 0.3) is 5.91 Å². The molecule has 3 aromatic rings. The largest absolute Gasteiger partial charge is 0.460 e. The summed E-state index contributed by atoms with van der Waals surface area (Å²) in [5, 5.41) is 5.49. The van der Waals surface area contributed by atoms with Crippen LogP contribution in [0.4, 0.5) is 0 Å². The molecule has 0 aliphatic heterocycles. The average molecular weight is 420 g/mol. The Hall–Kier alpha value is -2.24. The van der Waals surface area contributed by atoms with E-state index in [0.29, 0.717) is 46.0 Å². The molecule has 0 N–H and O–H groups in total. The summed E-state index contributed by atoms with van der Waals surface area (Å²) in [5.41, 5.74) is 1.72. The van der Waals surface area contributed by atoms with E-state index in [4.69, 9.17) is 27.6 Å². The summed E-state index contributed by atoms with van der Waals surface area (Å²) in [6.45, 7) is 7.37. The molecule has 0 aliphatic carbocycles. The zero-order chi connectivity index (χ0) is 20.3. The van der Waals surface area contributed by atoms with Crippen molar-refractivity contribution in [2.45, 2.75) is 33.6 Å². The van der Waals surface area contributed by atoms with Crippen LogP contribution in [0.5, 0.6) is 0 Å². The predicted molar refractivity (Wildman–Crippen MR) is 113 cm³/mol. The van der Waals surface area contributed by atoms with Gasteiger partial charge < -0.3 is 9.32 Å². The lowest BCUT2D eigenvalue weighted by atomic mass is 10.2. The smallest absolute Gasteiger partial charge is 0.272 e. The van der Waals surface area contributed by atoms with Crippen molar-refractivity contribution in [2.75, 3.05) is 13.1 Å². The normalized spacial score (nSPS) is 11.0. The minimum atomic E-state index is -0.0724. The van der Waals surface area contributed by atoms with Gasteiger partial charge in [-0.15, -0.1) is 0 Å².